The third-order valence-electron chi connectivity index (χ3n) is 2.28. The van der Waals surface area contributed by atoms with Crippen LogP contribution in [0.3, 0.4) is 0 Å². The number of hydrazone groups is 1. The Morgan fingerprint density at radius 2 is 2.26 bits per heavy atom. The van der Waals surface area contributed by atoms with E-state index in [4.69, 9.17) is 0 Å². The van der Waals surface area contributed by atoms with Crippen molar-refractivity contribution in [2.45, 2.75) is 0 Å². The number of aromatic nitrogens is 1. The first-order valence-corrected chi connectivity index (χ1v) is 6.46. The molecule has 5 nitrogen and oxygen atoms in total. The van der Waals surface area contributed by atoms with E-state index in [1.54, 1.807) is 36.5 Å². The molecule has 0 radical (unpaired) electrons. The fourth-order valence-corrected chi connectivity index (χ4v) is 1.87. The van der Waals surface area contributed by atoms with Gasteiger partial charge in [-0.05, 0) is 58.5 Å². The minimum atomic E-state index is -0.321. The molecule has 0 saturated heterocycles. The number of amides is 1. The number of aromatic hydroxyl groups is 1. The van der Waals surface area contributed by atoms with Gasteiger partial charge in [-0.1, -0.05) is 0 Å². The van der Waals surface area contributed by atoms with Crippen molar-refractivity contribution in [3.05, 3.63) is 57.4 Å². The Balaban J connectivity index is 2.00. The van der Waals surface area contributed by atoms with E-state index in [2.05, 4.69) is 15.5 Å². The third-order valence-corrected chi connectivity index (χ3v) is 3.14. The topological polar surface area (TPSA) is 74.6 Å². The van der Waals surface area contributed by atoms with Gasteiger partial charge in [-0.15, -0.1) is 0 Å². The Bertz CT molecular complexity index is 615. The Morgan fingerprint density at radius 3 is 2.95 bits per heavy atom. The number of benzene rings is 1. The lowest BCUT2D eigenvalue weighted by molar-refractivity contribution is 0.0955. The summed E-state index contributed by atoms with van der Waals surface area (Å²) in [4.78, 5) is 15.5. The van der Waals surface area contributed by atoms with Gasteiger partial charge < -0.3 is 5.11 Å². The molecule has 1 amide bonds. The number of nitrogens with zero attached hydrogens (tertiary/aromatic N) is 2. The Morgan fingerprint density at radius 1 is 1.42 bits per heavy atom. The van der Waals surface area contributed by atoms with E-state index in [9.17, 15) is 9.90 Å². The molecule has 2 N–H and O–H groups in total. The van der Waals surface area contributed by atoms with Gasteiger partial charge in [0.05, 0.1) is 15.3 Å². The normalized spacial score (nSPS) is 10.6. The Kier molecular flexibility index (Phi) is 4.45. The van der Waals surface area contributed by atoms with Crippen molar-refractivity contribution in [1.82, 2.24) is 10.4 Å². The number of carbonyl (C=O) groups is 1. The average Bonchev–Trinajstić information content (AvgIpc) is 2.43. The van der Waals surface area contributed by atoms with Crippen molar-refractivity contribution in [2.75, 3.05) is 0 Å². The van der Waals surface area contributed by atoms with Crippen LogP contribution in [0.5, 0.6) is 5.75 Å². The number of pyridine rings is 1. The number of phenolic OH excluding ortho intramolecular Hbond substituents is 1. The number of carbonyl (C=O) groups excluding carboxylic acids is 1. The quantitative estimate of drug-likeness (QED) is 0.496. The summed E-state index contributed by atoms with van der Waals surface area (Å²) in [6.07, 6.45) is 4.57. The first kappa shape index (κ1) is 13.5. The van der Waals surface area contributed by atoms with Crippen LogP contribution < -0.4 is 5.43 Å². The van der Waals surface area contributed by atoms with E-state index in [0.717, 1.165) is 9.13 Å². The predicted octanol–water partition coefficient (Wildman–Crippen LogP) is 2.16. The summed E-state index contributed by atoms with van der Waals surface area (Å²) < 4.78 is 0.722. The van der Waals surface area contributed by atoms with Gasteiger partial charge in [-0.2, -0.15) is 5.10 Å². The molecule has 2 rings (SSSR count). The second-order valence-electron chi connectivity index (χ2n) is 3.65. The smallest absolute Gasteiger partial charge is 0.272 e. The molecule has 0 unspecified atom stereocenters. The van der Waals surface area contributed by atoms with Crippen molar-refractivity contribution in [2.24, 2.45) is 5.10 Å². The lowest BCUT2D eigenvalue weighted by Crippen LogP contribution is -2.17. The van der Waals surface area contributed by atoms with Gasteiger partial charge in [0.2, 0.25) is 0 Å². The second-order valence-corrected chi connectivity index (χ2v) is 4.81. The lowest BCUT2D eigenvalue weighted by atomic mass is 10.2. The van der Waals surface area contributed by atoms with Crippen molar-refractivity contribution >= 4 is 34.7 Å². The van der Waals surface area contributed by atoms with Crippen LogP contribution in [0.1, 0.15) is 15.9 Å². The zero-order valence-corrected chi connectivity index (χ0v) is 11.9. The minimum Gasteiger partial charge on any atom is -0.507 e. The minimum absolute atomic E-state index is 0.220. The summed E-state index contributed by atoms with van der Waals surface area (Å²) in [6, 6.07) is 8.38. The van der Waals surface area contributed by atoms with Gasteiger partial charge in [-0.25, -0.2) is 5.43 Å². The lowest BCUT2D eigenvalue weighted by Gasteiger charge is -1.99. The maximum absolute atomic E-state index is 11.6. The van der Waals surface area contributed by atoms with Gasteiger partial charge in [0.25, 0.3) is 5.91 Å². The van der Waals surface area contributed by atoms with Gasteiger partial charge in [0, 0.05) is 12.4 Å². The standard InChI is InChI=1S/C13H10IN3O2/c14-11-6-9(3-4-12(11)18)7-16-17-13(19)10-2-1-5-15-8-10/h1-8,18H,(H,17,19)/b16-7+. The predicted molar refractivity (Wildman–Crippen MR) is 80.1 cm³/mol. The van der Waals surface area contributed by atoms with Gasteiger partial charge in [-0.3, -0.25) is 9.78 Å². The molecule has 0 atom stereocenters. The fourth-order valence-electron chi connectivity index (χ4n) is 1.33. The first-order valence-electron chi connectivity index (χ1n) is 5.39. The van der Waals surface area contributed by atoms with Crippen LogP contribution in [-0.2, 0) is 0 Å². The molecule has 0 aliphatic rings. The number of hydrogen-bond acceptors (Lipinski definition) is 4. The molecule has 0 fully saturated rings. The average molecular weight is 367 g/mol. The van der Waals surface area contributed by atoms with E-state index < -0.39 is 0 Å². The van der Waals surface area contributed by atoms with Crippen LogP contribution in [0.2, 0.25) is 0 Å². The van der Waals surface area contributed by atoms with Crippen LogP contribution in [0.25, 0.3) is 0 Å². The van der Waals surface area contributed by atoms with Crippen LogP contribution in [-0.4, -0.2) is 22.2 Å². The van der Waals surface area contributed by atoms with Crippen LogP contribution in [0.4, 0.5) is 0 Å². The zero-order chi connectivity index (χ0) is 13.7. The summed E-state index contributed by atoms with van der Waals surface area (Å²) in [5, 5.41) is 13.2. The molecule has 0 aliphatic heterocycles. The molecule has 0 saturated carbocycles. The number of phenols is 1. The van der Waals surface area contributed by atoms with Crippen LogP contribution >= 0.6 is 22.6 Å². The molecule has 96 valence electrons. The molecule has 6 heteroatoms. The Hall–Kier alpha value is -1.96. The maximum Gasteiger partial charge on any atom is 0.272 e. The highest BCUT2D eigenvalue weighted by Crippen LogP contribution is 2.19. The van der Waals surface area contributed by atoms with E-state index in [-0.39, 0.29) is 11.7 Å². The maximum atomic E-state index is 11.6. The van der Waals surface area contributed by atoms with Crippen molar-refractivity contribution in [3.63, 3.8) is 0 Å². The molecule has 1 heterocycles. The van der Waals surface area contributed by atoms with Gasteiger partial charge in [0.1, 0.15) is 5.75 Å². The third kappa shape index (κ3) is 3.75. The summed E-state index contributed by atoms with van der Waals surface area (Å²) in [5.74, 6) is -0.102. The fraction of sp³-hybridized carbons (Fsp3) is 0. The van der Waals surface area contributed by atoms with Gasteiger partial charge >= 0.3 is 0 Å². The largest absolute Gasteiger partial charge is 0.507 e. The number of nitrogens with one attached hydrogen (secondary N) is 1. The van der Waals surface area contributed by atoms with E-state index in [0.29, 0.717) is 5.56 Å². The molecule has 2 aromatic rings. The molecule has 0 spiro atoms. The molecular weight excluding hydrogens is 357 g/mol. The highest BCUT2D eigenvalue weighted by molar-refractivity contribution is 14.1. The van der Waals surface area contributed by atoms with Crippen LogP contribution in [0, 0.1) is 3.57 Å². The number of hydrogen-bond donors (Lipinski definition) is 2. The Labute approximate surface area is 123 Å². The SMILES string of the molecule is O=C(N/N=C/c1ccc(O)c(I)c1)c1cccnc1. The summed E-state index contributed by atoms with van der Waals surface area (Å²) in [6.45, 7) is 0. The highest BCUT2D eigenvalue weighted by atomic mass is 127. The highest BCUT2D eigenvalue weighted by Gasteiger charge is 2.02. The van der Waals surface area contributed by atoms with E-state index in [1.165, 1.54) is 12.4 Å². The zero-order valence-electron chi connectivity index (χ0n) is 9.75. The first-order chi connectivity index (χ1) is 9.16. The van der Waals surface area contributed by atoms with E-state index in [1.807, 2.05) is 22.6 Å². The van der Waals surface area contributed by atoms with Crippen molar-refractivity contribution in [1.29, 1.82) is 0 Å². The van der Waals surface area contributed by atoms with Gasteiger partial charge in [0.15, 0.2) is 0 Å². The molecule has 0 aliphatic carbocycles. The molecular formula is C13H10IN3O2. The second kappa shape index (κ2) is 6.28. The summed E-state index contributed by atoms with van der Waals surface area (Å²) in [7, 11) is 0. The van der Waals surface area contributed by atoms with Crippen molar-refractivity contribution in [3.8, 4) is 5.75 Å². The number of halogens is 1. The molecule has 19 heavy (non-hydrogen) atoms. The number of rotatable bonds is 3. The van der Waals surface area contributed by atoms with Crippen LogP contribution in [0.15, 0.2) is 47.8 Å². The van der Waals surface area contributed by atoms with Crippen molar-refractivity contribution < 1.29 is 9.90 Å². The molecule has 1 aromatic heterocycles. The summed E-state index contributed by atoms with van der Waals surface area (Å²) >= 11 is 2.02. The monoisotopic (exact) mass is 367 g/mol. The molecule has 1 aromatic carbocycles. The molecule has 0 bridgehead atoms. The van der Waals surface area contributed by atoms with E-state index >= 15 is 0 Å². The summed E-state index contributed by atoms with van der Waals surface area (Å²) in [5.41, 5.74) is 3.64.